The second kappa shape index (κ2) is 3.27. The first-order valence-electron chi connectivity index (χ1n) is 4.17. The van der Waals surface area contributed by atoms with Gasteiger partial charge in [-0.3, -0.25) is 0 Å². The molecule has 1 saturated carbocycles. The lowest BCUT2D eigenvalue weighted by atomic mass is 10.2. The molecule has 70 valence electrons. The van der Waals surface area contributed by atoms with Crippen LogP contribution in [-0.4, -0.2) is 18.1 Å². The number of pyridine rings is 1. The van der Waals surface area contributed by atoms with E-state index in [9.17, 15) is 0 Å². The third kappa shape index (κ3) is 1.69. The maximum atomic E-state index is 5.77. The minimum atomic E-state index is 0.282. The number of halogens is 1. The number of rotatable bonds is 2. The summed E-state index contributed by atoms with van der Waals surface area (Å²) in [5, 5.41) is 0. The molecule has 0 saturated heterocycles. The molecule has 0 amide bonds. The number of ether oxygens (including phenoxy) is 1. The first-order chi connectivity index (χ1) is 6.22. The molecule has 3 nitrogen and oxygen atoms in total. The number of aromatic nitrogens is 1. The molecule has 13 heavy (non-hydrogen) atoms. The molecular weight excluding hydrogens is 232 g/mol. The predicted molar refractivity (Wildman–Crippen MR) is 53.8 cm³/mol. The summed E-state index contributed by atoms with van der Waals surface area (Å²) >= 11 is 3.38. The van der Waals surface area contributed by atoms with Gasteiger partial charge < -0.3 is 10.5 Å². The Morgan fingerprint density at radius 1 is 1.69 bits per heavy atom. The second-order valence-corrected chi connectivity index (χ2v) is 4.17. The molecule has 1 aliphatic rings. The fourth-order valence-corrected chi connectivity index (χ4v) is 1.80. The van der Waals surface area contributed by atoms with Gasteiger partial charge in [0.25, 0.3) is 0 Å². The van der Waals surface area contributed by atoms with Crippen molar-refractivity contribution in [2.45, 2.75) is 18.4 Å². The van der Waals surface area contributed by atoms with Crippen molar-refractivity contribution in [3.63, 3.8) is 0 Å². The molecule has 0 unspecified atom stereocenters. The first kappa shape index (κ1) is 8.97. The van der Waals surface area contributed by atoms with Crippen molar-refractivity contribution in [3.05, 3.63) is 22.3 Å². The molecule has 1 fully saturated rings. The minimum absolute atomic E-state index is 0.282. The molecule has 2 rings (SSSR count). The summed E-state index contributed by atoms with van der Waals surface area (Å²) in [5.74, 6) is 1.13. The van der Waals surface area contributed by atoms with Gasteiger partial charge in [-0.25, -0.2) is 4.98 Å². The highest BCUT2D eigenvalue weighted by Crippen LogP contribution is 2.43. The van der Waals surface area contributed by atoms with Gasteiger partial charge in [0, 0.05) is 28.2 Å². The Labute approximate surface area is 85.4 Å². The van der Waals surface area contributed by atoms with Gasteiger partial charge >= 0.3 is 0 Å². The van der Waals surface area contributed by atoms with Gasteiger partial charge in [-0.05, 0) is 28.4 Å². The summed E-state index contributed by atoms with van der Waals surface area (Å²) in [6.07, 6.45) is 2.77. The van der Waals surface area contributed by atoms with Crippen LogP contribution in [0.25, 0.3) is 0 Å². The van der Waals surface area contributed by atoms with Crippen molar-refractivity contribution in [1.29, 1.82) is 0 Å². The van der Waals surface area contributed by atoms with Gasteiger partial charge in [-0.1, -0.05) is 0 Å². The van der Waals surface area contributed by atoms with E-state index in [0.29, 0.717) is 11.8 Å². The summed E-state index contributed by atoms with van der Waals surface area (Å²) in [7, 11) is 1.63. The van der Waals surface area contributed by atoms with E-state index >= 15 is 0 Å². The molecule has 0 bridgehead atoms. The first-order valence-corrected chi connectivity index (χ1v) is 4.96. The van der Waals surface area contributed by atoms with Crippen LogP contribution < -0.4 is 10.5 Å². The van der Waals surface area contributed by atoms with E-state index in [4.69, 9.17) is 10.5 Å². The molecule has 0 spiro atoms. The zero-order valence-corrected chi connectivity index (χ0v) is 8.91. The maximum absolute atomic E-state index is 5.77. The van der Waals surface area contributed by atoms with Crippen LogP contribution in [0.2, 0.25) is 0 Å². The Kier molecular flexibility index (Phi) is 2.26. The molecular formula is C9H11BrN2O. The van der Waals surface area contributed by atoms with Crippen molar-refractivity contribution in [2.24, 2.45) is 5.73 Å². The number of methoxy groups -OCH3 is 1. The van der Waals surface area contributed by atoms with E-state index < -0.39 is 0 Å². The van der Waals surface area contributed by atoms with Crippen molar-refractivity contribution in [3.8, 4) is 5.88 Å². The summed E-state index contributed by atoms with van der Waals surface area (Å²) in [6, 6.07) is 2.31. The van der Waals surface area contributed by atoms with Crippen molar-refractivity contribution >= 4 is 15.9 Å². The van der Waals surface area contributed by atoms with Crippen molar-refractivity contribution < 1.29 is 4.74 Å². The van der Waals surface area contributed by atoms with Gasteiger partial charge in [-0.2, -0.15) is 0 Å². The van der Waals surface area contributed by atoms with E-state index in [1.54, 1.807) is 13.3 Å². The highest BCUT2D eigenvalue weighted by molar-refractivity contribution is 9.10. The van der Waals surface area contributed by atoms with Crippen LogP contribution in [0, 0.1) is 0 Å². The zero-order chi connectivity index (χ0) is 9.42. The SMILES string of the molecule is COc1ncc(Br)cc1[C@@H]1C[C@H]1N. The molecule has 0 aromatic carbocycles. The van der Waals surface area contributed by atoms with E-state index in [1.807, 2.05) is 6.07 Å². The summed E-state index contributed by atoms with van der Waals surface area (Å²) in [4.78, 5) is 4.17. The Bertz CT molecular complexity index is 329. The molecule has 1 aromatic rings. The second-order valence-electron chi connectivity index (χ2n) is 3.26. The smallest absolute Gasteiger partial charge is 0.216 e. The molecule has 4 heteroatoms. The highest BCUT2D eigenvalue weighted by atomic mass is 79.9. The average Bonchev–Trinajstić information content (AvgIpc) is 2.82. The van der Waals surface area contributed by atoms with Gasteiger partial charge in [0.2, 0.25) is 5.88 Å². The van der Waals surface area contributed by atoms with Crippen LogP contribution in [0.3, 0.4) is 0 Å². The molecule has 0 aliphatic heterocycles. The summed E-state index contributed by atoms with van der Waals surface area (Å²) in [5.41, 5.74) is 6.89. The molecule has 2 N–H and O–H groups in total. The quantitative estimate of drug-likeness (QED) is 0.859. The zero-order valence-electron chi connectivity index (χ0n) is 7.33. The number of nitrogens with zero attached hydrogens (tertiary/aromatic N) is 1. The number of nitrogens with two attached hydrogens (primary N) is 1. The molecule has 1 aromatic heterocycles. The van der Waals surface area contributed by atoms with E-state index in [-0.39, 0.29) is 6.04 Å². The Balaban J connectivity index is 2.35. The fraction of sp³-hybridized carbons (Fsp3) is 0.444. The number of hydrogen-bond donors (Lipinski definition) is 1. The van der Waals surface area contributed by atoms with Crippen LogP contribution in [0.1, 0.15) is 17.9 Å². The average molecular weight is 243 g/mol. The lowest BCUT2D eigenvalue weighted by Gasteiger charge is -2.06. The lowest BCUT2D eigenvalue weighted by Crippen LogP contribution is -2.03. The molecule has 0 radical (unpaired) electrons. The Morgan fingerprint density at radius 3 is 2.92 bits per heavy atom. The number of hydrogen-bond acceptors (Lipinski definition) is 3. The normalized spacial score (nSPS) is 25.8. The van der Waals surface area contributed by atoms with Gasteiger partial charge in [0.05, 0.1) is 7.11 Å². The maximum Gasteiger partial charge on any atom is 0.216 e. The molecule has 2 atom stereocenters. The van der Waals surface area contributed by atoms with Crippen molar-refractivity contribution in [2.75, 3.05) is 7.11 Å². The standard InChI is InChI=1S/C9H11BrN2O/c1-13-9-7(6-3-8(6)11)2-5(10)4-12-9/h2,4,6,8H,3,11H2,1H3/t6-,8+/m0/s1. The van der Waals surface area contributed by atoms with E-state index in [0.717, 1.165) is 16.5 Å². The van der Waals surface area contributed by atoms with Crippen LogP contribution in [0.5, 0.6) is 5.88 Å². The third-order valence-electron chi connectivity index (χ3n) is 2.28. The third-order valence-corrected chi connectivity index (χ3v) is 2.71. The van der Waals surface area contributed by atoms with Crippen molar-refractivity contribution in [1.82, 2.24) is 4.98 Å². The lowest BCUT2D eigenvalue weighted by molar-refractivity contribution is 0.392. The molecule has 1 aliphatic carbocycles. The van der Waals surface area contributed by atoms with Crippen LogP contribution >= 0.6 is 15.9 Å². The van der Waals surface area contributed by atoms with Gasteiger partial charge in [0.1, 0.15) is 0 Å². The van der Waals surface area contributed by atoms with Gasteiger partial charge in [-0.15, -0.1) is 0 Å². The summed E-state index contributed by atoms with van der Waals surface area (Å²) < 4.78 is 6.14. The predicted octanol–water partition coefficient (Wildman–Crippen LogP) is 1.67. The topological polar surface area (TPSA) is 48.1 Å². The van der Waals surface area contributed by atoms with Crippen LogP contribution in [0.4, 0.5) is 0 Å². The Morgan fingerprint density at radius 2 is 2.38 bits per heavy atom. The highest BCUT2D eigenvalue weighted by Gasteiger charge is 2.37. The van der Waals surface area contributed by atoms with E-state index in [2.05, 4.69) is 20.9 Å². The fourth-order valence-electron chi connectivity index (χ4n) is 1.45. The van der Waals surface area contributed by atoms with E-state index in [1.165, 1.54) is 0 Å². The van der Waals surface area contributed by atoms with Gasteiger partial charge in [0.15, 0.2) is 0 Å². The molecule has 1 heterocycles. The summed E-state index contributed by atoms with van der Waals surface area (Å²) in [6.45, 7) is 0. The largest absolute Gasteiger partial charge is 0.481 e. The Hall–Kier alpha value is -0.610. The monoisotopic (exact) mass is 242 g/mol. The van der Waals surface area contributed by atoms with Crippen LogP contribution in [-0.2, 0) is 0 Å². The minimum Gasteiger partial charge on any atom is -0.481 e. The van der Waals surface area contributed by atoms with Crippen LogP contribution in [0.15, 0.2) is 16.7 Å².